The summed E-state index contributed by atoms with van der Waals surface area (Å²) in [6, 6.07) is 11.1. The minimum atomic E-state index is -1.38. The van der Waals surface area contributed by atoms with Crippen molar-refractivity contribution in [2.75, 3.05) is 20.0 Å². The van der Waals surface area contributed by atoms with Crippen LogP contribution in [0.1, 0.15) is 41.4 Å². The van der Waals surface area contributed by atoms with Gasteiger partial charge in [0.2, 0.25) is 0 Å². The summed E-state index contributed by atoms with van der Waals surface area (Å²) in [6.07, 6.45) is 0. The van der Waals surface area contributed by atoms with Crippen LogP contribution in [-0.2, 0) is 0 Å². The Hall–Kier alpha value is -8.36. The molecule has 4 aromatic carbocycles. The average molecular weight is 795 g/mol. The zero-order chi connectivity index (χ0) is 42.3. The van der Waals surface area contributed by atoms with E-state index < -0.39 is 48.0 Å². The Morgan fingerprint density at radius 3 is 0.632 bits per heavy atom. The molecule has 0 aromatic heterocycles. The molecule has 0 fully saturated rings. The van der Waals surface area contributed by atoms with Crippen LogP contribution in [0.5, 0.6) is 0 Å². The Bertz CT molecular complexity index is 1990. The fourth-order valence-electron chi connectivity index (χ4n) is 4.86. The fourth-order valence-corrected chi connectivity index (χ4v) is 4.86. The Labute approximate surface area is 318 Å². The molecule has 0 unspecified atom stereocenters. The maximum absolute atomic E-state index is 11.5. The number of benzene rings is 4. The number of carbonyl (C=O) groups excluding carboxylic acids is 4. The van der Waals surface area contributed by atoms with Crippen molar-refractivity contribution in [1.82, 2.24) is 0 Å². The molecule has 0 atom stereocenters. The Balaban J connectivity index is 0.000000387. The summed E-state index contributed by atoms with van der Waals surface area (Å²) < 4.78 is 0. The van der Waals surface area contributed by atoms with Gasteiger partial charge >= 0.3 is 48.0 Å². The molecule has 4 rings (SSSR count). The van der Waals surface area contributed by atoms with E-state index in [1.165, 1.54) is 72.8 Å². The molecule has 0 bridgehead atoms. The highest BCUT2D eigenvalue weighted by atomic mass is 16.4. The van der Waals surface area contributed by atoms with Gasteiger partial charge in [-0.25, -0.2) is 81.8 Å². The highest BCUT2D eigenvalue weighted by Gasteiger charge is 2.23. The largest absolute Gasteiger partial charge is 0.478 e. The van der Waals surface area contributed by atoms with Gasteiger partial charge in [-0.1, -0.05) is 24.3 Å². The van der Waals surface area contributed by atoms with Crippen molar-refractivity contribution in [2.45, 2.75) is 0 Å². The zero-order valence-electron chi connectivity index (χ0n) is 28.9. The van der Waals surface area contributed by atoms with Crippen LogP contribution in [0.15, 0.2) is 72.8 Å². The van der Waals surface area contributed by atoms with Crippen LogP contribution in [0.25, 0.3) is 22.3 Å². The van der Waals surface area contributed by atoms with Crippen LogP contribution < -0.4 is 66.3 Å². The molecule has 22 N–H and O–H groups in total. The molecule has 8 amide bonds. The first-order chi connectivity index (χ1) is 26.1. The molecule has 25 nitrogen and oxygen atoms in total. The quantitative estimate of drug-likeness (QED) is 0.0557. The van der Waals surface area contributed by atoms with Gasteiger partial charge in [0.15, 0.2) is 0 Å². The highest BCUT2D eigenvalue weighted by molar-refractivity contribution is 6.05. The van der Waals surface area contributed by atoms with Crippen molar-refractivity contribution in [2.24, 2.45) is 46.3 Å². The first-order valence-electron chi connectivity index (χ1n) is 15.0. The van der Waals surface area contributed by atoms with Crippen LogP contribution in [0.4, 0.5) is 41.9 Å². The molecule has 4 aromatic rings. The number of anilines is 4. The zero-order valence-corrected chi connectivity index (χ0v) is 28.9. The van der Waals surface area contributed by atoms with Crippen LogP contribution in [0.3, 0.4) is 0 Å². The van der Waals surface area contributed by atoms with E-state index in [2.05, 4.69) is 0 Å². The van der Waals surface area contributed by atoms with Gasteiger partial charge in [-0.3, -0.25) is 0 Å². The second-order valence-electron chi connectivity index (χ2n) is 11.0. The molecule has 0 saturated carbocycles. The summed E-state index contributed by atoms with van der Waals surface area (Å²) in [5, 5.41) is 39.4. The molecule has 25 heteroatoms. The summed E-state index contributed by atoms with van der Waals surface area (Å²) in [5.74, 6) is 16.3. The molecule has 0 heterocycles. The number of aromatic carboxylic acids is 4. The average Bonchev–Trinajstić information content (AvgIpc) is 3.15. The predicted molar refractivity (Wildman–Crippen MR) is 200 cm³/mol. The highest BCUT2D eigenvalue weighted by Crippen LogP contribution is 2.32. The number of carbonyl (C=O) groups is 8. The van der Waals surface area contributed by atoms with Gasteiger partial charge in [-0.2, -0.15) is 0 Å². The van der Waals surface area contributed by atoms with Crippen molar-refractivity contribution < 1.29 is 64.3 Å². The number of carboxylic acids is 4. The molecule has 300 valence electrons. The number of amides is 8. The molecule has 0 aliphatic rings. The summed E-state index contributed by atoms with van der Waals surface area (Å²) in [6.45, 7) is 0. The lowest BCUT2D eigenvalue weighted by Crippen LogP contribution is -2.42. The van der Waals surface area contributed by atoms with Gasteiger partial charge in [0, 0.05) is 0 Å². The van der Waals surface area contributed by atoms with E-state index >= 15 is 0 Å². The topological polar surface area (TPSA) is 470 Å². The molecular formula is C32H34N12O13. The molecular weight excluding hydrogens is 760 g/mol. The third-order valence-corrected chi connectivity index (χ3v) is 7.56. The first kappa shape index (κ1) is 44.8. The monoisotopic (exact) mass is 794 g/mol. The van der Waals surface area contributed by atoms with E-state index in [9.17, 15) is 58.8 Å². The van der Waals surface area contributed by atoms with Gasteiger partial charge < -0.3 is 48.8 Å². The van der Waals surface area contributed by atoms with Gasteiger partial charge in [0.25, 0.3) is 0 Å². The minimum absolute atomic E-state index is 0. The number of nitrogens with zero attached hydrogens (tertiary/aromatic N) is 4. The Kier molecular flexibility index (Phi) is 14.2. The summed E-state index contributed by atoms with van der Waals surface area (Å²) >= 11 is 0. The number of carboxylic acid groups (broad SMARTS) is 4. The summed E-state index contributed by atoms with van der Waals surface area (Å²) in [4.78, 5) is 91.0. The molecule has 0 radical (unpaired) electrons. The lowest BCUT2D eigenvalue weighted by atomic mass is 9.98. The number of nitrogens with two attached hydrogens (primary N) is 8. The third kappa shape index (κ3) is 10.00. The third-order valence-electron chi connectivity index (χ3n) is 7.56. The number of urea groups is 4. The standard InChI is InChI=1S/2C16H16N6O6.H2O/c2*17-15(27)21(19)11-3-1-7(5-9(11)13(23)24)8-2-4-12(22(20)16(18)28)10(6-8)14(25)26;/h2*1-6H,19-20H2,(H2,17,27)(H2,18,28)(H,23,24)(H,25,26);1H2. The molecule has 57 heavy (non-hydrogen) atoms. The SMILES string of the molecule is NC(=O)N(N)c1ccc(-c2ccc(N(N)C(N)=O)c(C(=O)O)c2)cc1C(=O)O.NC(=O)N(N)c1ccc(-c2ccc(N(N)C(N)=O)c(C(=O)O)c2)cc1C(=O)O.O. The fraction of sp³-hybridized carbons (Fsp3) is 0. The van der Waals surface area contributed by atoms with E-state index in [4.69, 9.17) is 46.3 Å². The Morgan fingerprint density at radius 2 is 0.509 bits per heavy atom. The Morgan fingerprint density at radius 1 is 0.351 bits per heavy atom. The van der Waals surface area contributed by atoms with Crippen molar-refractivity contribution in [3.63, 3.8) is 0 Å². The van der Waals surface area contributed by atoms with Crippen LogP contribution in [0, 0.1) is 0 Å². The lowest BCUT2D eigenvalue weighted by Gasteiger charge is -2.18. The predicted octanol–water partition coefficient (Wildman–Crippen LogP) is -0.289. The second-order valence-corrected chi connectivity index (χ2v) is 11.0. The maximum atomic E-state index is 11.5. The van der Waals surface area contributed by atoms with Crippen LogP contribution >= 0.6 is 0 Å². The number of rotatable bonds is 10. The number of hydrogen-bond donors (Lipinski definition) is 12. The van der Waals surface area contributed by atoms with E-state index in [1.807, 2.05) is 0 Å². The van der Waals surface area contributed by atoms with Gasteiger partial charge in [0.1, 0.15) is 0 Å². The van der Waals surface area contributed by atoms with Gasteiger partial charge in [0.05, 0.1) is 45.0 Å². The summed E-state index contributed by atoms with van der Waals surface area (Å²) in [7, 11) is 0. The normalized spacial score (nSPS) is 10.0. The number of hydrogen-bond acceptors (Lipinski definition) is 12. The number of hydrazine groups is 4. The number of primary amides is 4. The van der Waals surface area contributed by atoms with Crippen molar-refractivity contribution >= 4 is 70.8 Å². The van der Waals surface area contributed by atoms with E-state index in [1.54, 1.807) is 0 Å². The van der Waals surface area contributed by atoms with Gasteiger partial charge in [-0.05, 0) is 70.8 Å². The van der Waals surface area contributed by atoms with Crippen molar-refractivity contribution in [3.8, 4) is 22.3 Å². The molecule has 0 aliphatic heterocycles. The van der Waals surface area contributed by atoms with E-state index in [0.717, 1.165) is 0 Å². The lowest BCUT2D eigenvalue weighted by molar-refractivity contribution is 0.0686. The molecule has 0 spiro atoms. The second kappa shape index (κ2) is 18.1. The van der Waals surface area contributed by atoms with E-state index in [0.29, 0.717) is 42.3 Å². The van der Waals surface area contributed by atoms with Crippen LogP contribution in [0.2, 0.25) is 0 Å². The molecule has 0 aliphatic carbocycles. The molecule has 0 saturated heterocycles. The minimum Gasteiger partial charge on any atom is -0.478 e. The summed E-state index contributed by atoms with van der Waals surface area (Å²) in [5.41, 5.74) is 19.5. The van der Waals surface area contributed by atoms with Crippen molar-refractivity contribution in [1.29, 1.82) is 0 Å². The van der Waals surface area contributed by atoms with Crippen LogP contribution in [-0.4, -0.2) is 73.9 Å². The van der Waals surface area contributed by atoms with Crippen molar-refractivity contribution in [3.05, 3.63) is 95.1 Å². The van der Waals surface area contributed by atoms with Gasteiger partial charge in [-0.15, -0.1) is 0 Å². The smallest absolute Gasteiger partial charge is 0.337 e. The maximum Gasteiger partial charge on any atom is 0.337 e. The van der Waals surface area contributed by atoms with E-state index in [-0.39, 0.29) is 50.5 Å². The first-order valence-corrected chi connectivity index (χ1v) is 15.0.